The summed E-state index contributed by atoms with van der Waals surface area (Å²) in [5.74, 6) is -1.25. The second-order valence-electron chi connectivity index (χ2n) is 18.0. The number of piperidine rings is 2. The Morgan fingerprint density at radius 3 is 1.61 bits per heavy atom. The van der Waals surface area contributed by atoms with Crippen molar-refractivity contribution in [3.05, 3.63) is 60.7 Å². The maximum Gasteiger partial charge on any atom is 0.376 e. The van der Waals surface area contributed by atoms with Gasteiger partial charge in [0, 0.05) is 50.7 Å². The first kappa shape index (κ1) is 47.1. The van der Waals surface area contributed by atoms with E-state index in [-0.39, 0.29) is 41.8 Å². The number of carbonyl (C=O) groups is 4. The molecule has 0 radical (unpaired) electrons. The second kappa shape index (κ2) is 19.5. The fourth-order valence-corrected chi connectivity index (χ4v) is 9.01. The highest BCUT2D eigenvalue weighted by Crippen LogP contribution is 2.39. The Labute approximate surface area is 396 Å². The number of carboxylic acids is 1. The fourth-order valence-electron chi connectivity index (χ4n) is 9.01. The van der Waals surface area contributed by atoms with Crippen molar-refractivity contribution in [2.75, 3.05) is 89.9 Å². The van der Waals surface area contributed by atoms with E-state index in [1.54, 1.807) is 41.6 Å². The maximum atomic E-state index is 13.4. The molecule has 10 heterocycles. The van der Waals surface area contributed by atoms with Crippen molar-refractivity contribution in [1.29, 1.82) is 0 Å². The molecular weight excluding hydrogens is 901 g/mol. The van der Waals surface area contributed by atoms with Crippen LogP contribution in [-0.4, -0.2) is 155 Å². The number of carboxylic acid groups (broad SMARTS) is 1. The van der Waals surface area contributed by atoms with Crippen LogP contribution in [0.1, 0.15) is 74.6 Å². The number of rotatable bonds is 10. The van der Waals surface area contributed by atoms with Crippen molar-refractivity contribution < 1.29 is 57.4 Å². The van der Waals surface area contributed by atoms with Gasteiger partial charge in [-0.15, -0.1) is 0 Å². The summed E-state index contributed by atoms with van der Waals surface area (Å²) in [6, 6.07) is 5.60. The van der Waals surface area contributed by atoms with Gasteiger partial charge in [0.1, 0.15) is 48.6 Å². The third-order valence-corrected chi connectivity index (χ3v) is 12.1. The average molecular weight is 955 g/mol. The summed E-state index contributed by atoms with van der Waals surface area (Å²) in [6.07, 6.45) is 9.20. The van der Waals surface area contributed by atoms with Crippen LogP contribution in [0.2, 0.25) is 0 Å². The van der Waals surface area contributed by atoms with E-state index in [2.05, 4.69) is 50.3 Å². The Morgan fingerprint density at radius 2 is 1.17 bits per heavy atom. The number of hydrogen-bond donors (Lipinski definition) is 3. The Kier molecular flexibility index (Phi) is 13.3. The van der Waals surface area contributed by atoms with Crippen LogP contribution in [0.5, 0.6) is 11.5 Å². The first-order chi connectivity index (χ1) is 33.1. The number of amides is 4. The summed E-state index contributed by atoms with van der Waals surface area (Å²) in [6.45, 7) is 11.9. The molecule has 4 aromatic heterocycles. The van der Waals surface area contributed by atoms with Crippen LogP contribution < -0.4 is 39.7 Å². The number of aromatic carboxylic acids is 1. The van der Waals surface area contributed by atoms with Crippen LogP contribution in [0.3, 0.4) is 0 Å². The van der Waals surface area contributed by atoms with Gasteiger partial charge in [0.15, 0.2) is 23.2 Å². The highest BCUT2D eigenvalue weighted by atomic mass is 16.8. The number of ether oxygens (including phenoxy) is 7. The topological polar surface area (TPSA) is 267 Å². The van der Waals surface area contributed by atoms with Gasteiger partial charge in [-0.2, -0.15) is 0 Å². The lowest BCUT2D eigenvalue weighted by Gasteiger charge is -2.45. The number of pyridine rings is 2. The van der Waals surface area contributed by atoms with Crippen molar-refractivity contribution in [3.8, 4) is 11.5 Å². The zero-order valence-electron chi connectivity index (χ0n) is 38.8. The van der Waals surface area contributed by atoms with Crippen molar-refractivity contribution in [2.45, 2.75) is 89.2 Å². The summed E-state index contributed by atoms with van der Waals surface area (Å²) in [7, 11) is 1.27. The zero-order chi connectivity index (χ0) is 48.5. The summed E-state index contributed by atoms with van der Waals surface area (Å²) < 4.78 is 39.0. The smallest absolute Gasteiger partial charge is 0.376 e. The summed E-state index contributed by atoms with van der Waals surface area (Å²) in [4.78, 5) is 82.6. The largest absolute Gasteiger partial charge is 0.491 e. The molecule has 4 aromatic rings. The van der Waals surface area contributed by atoms with Crippen molar-refractivity contribution >= 4 is 58.6 Å². The van der Waals surface area contributed by atoms with E-state index < -0.39 is 35.6 Å². The van der Waals surface area contributed by atoms with Crippen LogP contribution in [0.25, 0.3) is 0 Å². The molecule has 6 aliphatic heterocycles. The van der Waals surface area contributed by atoms with Gasteiger partial charge < -0.3 is 48.1 Å². The monoisotopic (exact) mass is 954 g/mol. The number of methoxy groups -OCH3 is 1. The molecule has 0 aromatic carbocycles. The lowest BCUT2D eigenvalue weighted by Crippen LogP contribution is -2.56. The minimum absolute atomic E-state index is 0.0972. The Hall–Kier alpha value is -7.02. The van der Waals surface area contributed by atoms with Gasteiger partial charge >= 0.3 is 24.0 Å². The van der Waals surface area contributed by atoms with E-state index >= 15 is 0 Å². The van der Waals surface area contributed by atoms with Gasteiger partial charge in [-0.05, 0) is 65.5 Å². The molecule has 4 amide bonds. The molecule has 0 unspecified atom stereocenters. The average Bonchev–Trinajstić information content (AvgIpc) is 3.88. The van der Waals surface area contributed by atoms with Gasteiger partial charge in [-0.1, -0.05) is 0 Å². The molecule has 69 heavy (non-hydrogen) atoms. The Balaban J connectivity index is 0.000000172. The van der Waals surface area contributed by atoms with Crippen molar-refractivity contribution in [2.24, 2.45) is 0 Å². The van der Waals surface area contributed by atoms with Gasteiger partial charge in [-0.25, -0.2) is 49.1 Å². The van der Waals surface area contributed by atoms with Gasteiger partial charge in [-0.3, -0.25) is 20.4 Å². The first-order valence-corrected chi connectivity index (χ1v) is 22.7. The number of nitrogens with zero attached hydrogens (tertiary/aromatic N) is 10. The molecule has 4 saturated heterocycles. The summed E-state index contributed by atoms with van der Waals surface area (Å²) in [5, 5.41) is 15.0. The highest BCUT2D eigenvalue weighted by Gasteiger charge is 2.41. The SMILES string of the molecule is CC1(C)OC[C@H](COc2ccnc(NC(=O)N3c4nc(C(=O)O)ncc4N4CCC[C@H]3C4)c2)O1.COC(=O)c1ncc2c(n1)N(C(=O)Nc1cc(OC[C@H]3COC(C)(C)O3)ccn1)[C@H]1CCCN2C1. The minimum Gasteiger partial charge on any atom is -0.491 e. The Morgan fingerprint density at radius 1 is 0.710 bits per heavy atom. The van der Waals surface area contributed by atoms with E-state index in [1.807, 2.05) is 27.7 Å². The van der Waals surface area contributed by atoms with E-state index in [9.17, 15) is 24.3 Å². The number of carbonyl (C=O) groups excluding carboxylic acids is 3. The fraction of sp³-hybridized carbons (Fsp3) is 0.511. The van der Waals surface area contributed by atoms with Crippen LogP contribution in [0.15, 0.2) is 49.1 Å². The molecule has 10 rings (SSSR count). The van der Waals surface area contributed by atoms with E-state index in [0.29, 0.717) is 79.8 Å². The molecule has 0 saturated carbocycles. The van der Waals surface area contributed by atoms with Crippen LogP contribution in [0.4, 0.5) is 44.2 Å². The molecule has 4 fully saturated rings. The molecule has 4 atom stereocenters. The van der Waals surface area contributed by atoms with E-state index in [0.717, 1.165) is 38.8 Å². The molecule has 0 spiro atoms. The molecule has 24 nitrogen and oxygen atoms in total. The number of esters is 1. The predicted octanol–water partition coefficient (Wildman–Crippen LogP) is 4.33. The molecule has 24 heteroatoms. The van der Waals surface area contributed by atoms with Crippen LogP contribution in [0, 0.1) is 0 Å². The number of hydrogen-bond acceptors (Lipinski definition) is 19. The number of urea groups is 2. The van der Waals surface area contributed by atoms with Crippen LogP contribution in [-0.2, 0) is 23.7 Å². The molecule has 6 aliphatic rings. The number of anilines is 6. The van der Waals surface area contributed by atoms with Gasteiger partial charge in [0.2, 0.25) is 11.6 Å². The summed E-state index contributed by atoms with van der Waals surface area (Å²) in [5.41, 5.74) is 1.35. The molecule has 4 bridgehead atoms. The molecular formula is C45H54N12O12. The zero-order valence-corrected chi connectivity index (χ0v) is 38.8. The highest BCUT2D eigenvalue weighted by molar-refractivity contribution is 6.05. The second-order valence-corrected chi connectivity index (χ2v) is 18.0. The lowest BCUT2D eigenvalue weighted by molar-refractivity contribution is -0.141. The summed E-state index contributed by atoms with van der Waals surface area (Å²) >= 11 is 0. The number of nitrogens with one attached hydrogen (secondary N) is 2. The third kappa shape index (κ3) is 10.7. The molecule has 3 N–H and O–H groups in total. The number of aromatic nitrogens is 6. The molecule has 366 valence electrons. The molecule has 0 aliphatic carbocycles. The van der Waals surface area contributed by atoms with Crippen molar-refractivity contribution in [3.63, 3.8) is 0 Å². The maximum absolute atomic E-state index is 13.4. The Bertz CT molecular complexity index is 2590. The standard InChI is InChI=1S/C23H28N6O6.C22H26N6O6/c1-23(2)34-13-16(35-23)12-33-15-6-7-24-18(9-15)26-22(31)29-14-5-4-8-28(11-14)17-10-25-19(21(30)32-3)27-20(17)29;1-22(2)33-12-15(34-22)11-32-14-5-6-23-17(8-14)25-21(31)28-13-4-3-7-27(10-13)16-9-24-18(20(29)30)26-19(16)28/h6-7,9-10,14,16H,4-5,8,11-13H2,1-3H3,(H,24,26,31);5-6,8-9,13,15H,3-4,7,10-12H2,1-2H3,(H,29,30)(H,23,25,31)/t14-,16-;13-,15-/m00/s1. The van der Waals surface area contributed by atoms with E-state index in [4.69, 9.17) is 33.2 Å². The first-order valence-electron chi connectivity index (χ1n) is 22.7. The lowest BCUT2D eigenvalue weighted by atomic mass is 10.0. The van der Waals surface area contributed by atoms with Crippen molar-refractivity contribution in [1.82, 2.24) is 29.9 Å². The van der Waals surface area contributed by atoms with Crippen LogP contribution >= 0.6 is 0 Å². The minimum atomic E-state index is -1.25. The number of fused-ring (bicyclic) bond motifs is 8. The predicted molar refractivity (Wildman–Crippen MR) is 245 cm³/mol. The quantitative estimate of drug-likeness (QED) is 0.187. The van der Waals surface area contributed by atoms with Gasteiger partial charge in [0.05, 0.1) is 56.2 Å². The third-order valence-electron chi connectivity index (χ3n) is 12.1. The van der Waals surface area contributed by atoms with E-state index in [1.165, 1.54) is 24.4 Å². The van der Waals surface area contributed by atoms with Gasteiger partial charge in [0.25, 0.3) is 0 Å². The normalized spacial score (nSPS) is 22.6.